The van der Waals surface area contributed by atoms with Crippen LogP contribution in [0.2, 0.25) is 0 Å². The molecule has 5 rings (SSSR count). The van der Waals surface area contributed by atoms with Gasteiger partial charge in [0.25, 0.3) is 0 Å². The van der Waals surface area contributed by atoms with E-state index in [-0.39, 0.29) is 12.1 Å². The van der Waals surface area contributed by atoms with Crippen molar-refractivity contribution in [1.29, 1.82) is 0 Å². The number of amides is 2. The summed E-state index contributed by atoms with van der Waals surface area (Å²) >= 11 is 0. The van der Waals surface area contributed by atoms with Gasteiger partial charge in [-0.25, -0.2) is 9.80 Å². The Hall–Kier alpha value is -3.15. The van der Waals surface area contributed by atoms with E-state index in [1.54, 1.807) is 5.01 Å². The van der Waals surface area contributed by atoms with Gasteiger partial charge in [0, 0.05) is 24.4 Å². The number of fused-ring (bicyclic) bond motifs is 1. The highest BCUT2D eigenvalue weighted by Gasteiger charge is 2.35. The topological polar surface area (TPSA) is 60.3 Å². The Balaban J connectivity index is 1.57. The van der Waals surface area contributed by atoms with Gasteiger partial charge >= 0.3 is 6.03 Å². The molecular formula is C27H33N5O. The summed E-state index contributed by atoms with van der Waals surface area (Å²) in [4.78, 5) is 20.3. The largest absolute Gasteiger partial charge is 0.372 e. The first-order chi connectivity index (χ1) is 16.0. The lowest BCUT2D eigenvalue weighted by molar-refractivity contribution is 0.196. The molecular weight excluding hydrogens is 410 g/mol. The number of benzene rings is 2. The van der Waals surface area contributed by atoms with Crippen LogP contribution in [0, 0.1) is 12.8 Å². The van der Waals surface area contributed by atoms with Gasteiger partial charge < -0.3 is 5.32 Å². The molecule has 0 radical (unpaired) electrons. The molecule has 0 unspecified atom stereocenters. The van der Waals surface area contributed by atoms with E-state index in [1.165, 1.54) is 18.4 Å². The molecule has 0 spiro atoms. The van der Waals surface area contributed by atoms with Crippen LogP contribution in [0.25, 0.3) is 0 Å². The van der Waals surface area contributed by atoms with Crippen molar-refractivity contribution in [1.82, 2.24) is 10.3 Å². The third kappa shape index (κ3) is 4.26. The second-order valence-electron chi connectivity index (χ2n) is 9.64. The highest BCUT2D eigenvalue weighted by molar-refractivity contribution is 6.14. The zero-order valence-electron chi connectivity index (χ0n) is 19.8. The van der Waals surface area contributed by atoms with Crippen LogP contribution in [0.5, 0.6) is 0 Å². The van der Waals surface area contributed by atoms with E-state index in [0.29, 0.717) is 5.92 Å². The fraction of sp³-hybridized carbons (Fsp3) is 0.444. The number of aliphatic imine (C=N–C) groups is 1. The van der Waals surface area contributed by atoms with E-state index >= 15 is 0 Å². The first-order valence-corrected chi connectivity index (χ1v) is 12.2. The summed E-state index contributed by atoms with van der Waals surface area (Å²) < 4.78 is 0. The van der Waals surface area contributed by atoms with Crippen molar-refractivity contribution in [3.63, 3.8) is 0 Å². The van der Waals surface area contributed by atoms with Gasteiger partial charge in [0.2, 0.25) is 0 Å². The van der Waals surface area contributed by atoms with Crippen LogP contribution in [-0.2, 0) is 6.42 Å². The van der Waals surface area contributed by atoms with Crippen LogP contribution < -0.4 is 10.2 Å². The molecule has 0 saturated heterocycles. The predicted octanol–water partition coefficient (Wildman–Crippen LogP) is 5.42. The molecule has 2 aliphatic heterocycles. The Morgan fingerprint density at radius 3 is 2.52 bits per heavy atom. The number of hydrogen-bond donors (Lipinski definition) is 1. The molecule has 0 aromatic heterocycles. The molecule has 1 fully saturated rings. The van der Waals surface area contributed by atoms with Crippen LogP contribution in [0.3, 0.4) is 0 Å². The zero-order chi connectivity index (χ0) is 22.9. The number of carbonyl (C=O) groups excluding carboxylic acids is 1. The summed E-state index contributed by atoms with van der Waals surface area (Å²) in [5.41, 5.74) is 6.26. The van der Waals surface area contributed by atoms with E-state index in [9.17, 15) is 4.79 Å². The Labute approximate surface area is 196 Å². The lowest BCUT2D eigenvalue weighted by Gasteiger charge is -2.29. The van der Waals surface area contributed by atoms with Crippen molar-refractivity contribution < 1.29 is 4.79 Å². The van der Waals surface area contributed by atoms with Crippen molar-refractivity contribution in [3.05, 3.63) is 59.2 Å². The smallest absolute Gasteiger partial charge is 0.349 e. The maximum atomic E-state index is 13.9. The minimum atomic E-state index is -0.0977. The fourth-order valence-corrected chi connectivity index (χ4v) is 5.07. The van der Waals surface area contributed by atoms with Crippen LogP contribution in [0.4, 0.5) is 16.2 Å². The monoisotopic (exact) mass is 443 g/mol. The molecule has 1 saturated carbocycles. The SMILES string of the molecule is Cc1ccc2c(c1)N(c1ccc(CC3=NCCN3)cc1)C(=O)N(C(C)C)N=C2C1CCCC1. The molecule has 2 aromatic carbocycles. The molecule has 1 N–H and O–H groups in total. The van der Waals surface area contributed by atoms with Crippen molar-refractivity contribution in [2.24, 2.45) is 16.0 Å². The minimum absolute atomic E-state index is 0.0301. The number of aryl methyl sites for hydroxylation is 1. The van der Waals surface area contributed by atoms with Gasteiger partial charge in [0.1, 0.15) is 5.84 Å². The predicted molar refractivity (Wildman–Crippen MR) is 135 cm³/mol. The van der Waals surface area contributed by atoms with Crippen molar-refractivity contribution in [2.75, 3.05) is 18.0 Å². The molecule has 0 atom stereocenters. The number of hydrogen-bond acceptors (Lipinski definition) is 4. The summed E-state index contributed by atoms with van der Waals surface area (Å²) in [5, 5.41) is 10.0. The van der Waals surface area contributed by atoms with Gasteiger partial charge in [0.05, 0.1) is 29.7 Å². The van der Waals surface area contributed by atoms with E-state index < -0.39 is 0 Å². The minimum Gasteiger partial charge on any atom is -0.372 e. The normalized spacial score (nSPS) is 18.8. The Bertz CT molecular complexity index is 1100. The van der Waals surface area contributed by atoms with Gasteiger partial charge in [0.15, 0.2) is 0 Å². The second kappa shape index (κ2) is 9.00. The van der Waals surface area contributed by atoms with Crippen LogP contribution in [0.15, 0.2) is 52.6 Å². The lowest BCUT2D eigenvalue weighted by atomic mass is 9.93. The molecule has 3 aliphatic rings. The Morgan fingerprint density at radius 2 is 1.85 bits per heavy atom. The highest BCUT2D eigenvalue weighted by atomic mass is 16.2. The first kappa shape index (κ1) is 21.7. The number of anilines is 2. The maximum absolute atomic E-state index is 13.9. The standard InChI is InChI=1S/C27H33N5O/c1-18(2)32-27(33)31(22-11-9-20(10-12-22)17-25-28-14-15-29-25)24-16-19(3)8-13-23(24)26(30-32)21-6-4-5-7-21/h8-13,16,18,21H,4-7,14-15,17H2,1-3H3,(H,28,29). The van der Waals surface area contributed by atoms with E-state index in [1.807, 2.05) is 30.9 Å². The summed E-state index contributed by atoms with van der Waals surface area (Å²) in [6.45, 7) is 7.91. The molecule has 1 aliphatic carbocycles. The lowest BCUT2D eigenvalue weighted by Crippen LogP contribution is -2.41. The molecule has 2 amide bonds. The number of rotatable bonds is 5. The van der Waals surface area contributed by atoms with Crippen LogP contribution >= 0.6 is 0 Å². The number of amidine groups is 1. The molecule has 2 heterocycles. The molecule has 2 aromatic rings. The number of nitrogens with one attached hydrogen (secondary N) is 1. The Morgan fingerprint density at radius 1 is 1.09 bits per heavy atom. The second-order valence-corrected chi connectivity index (χ2v) is 9.64. The zero-order valence-corrected chi connectivity index (χ0v) is 19.8. The van der Waals surface area contributed by atoms with Gasteiger partial charge in [-0.2, -0.15) is 5.10 Å². The van der Waals surface area contributed by atoms with E-state index in [4.69, 9.17) is 5.10 Å². The van der Waals surface area contributed by atoms with Crippen LogP contribution in [-0.4, -0.2) is 41.7 Å². The third-order valence-corrected chi connectivity index (χ3v) is 6.81. The molecule has 0 bridgehead atoms. The summed E-state index contributed by atoms with van der Waals surface area (Å²) in [5.74, 6) is 1.44. The number of nitrogens with zero attached hydrogens (tertiary/aromatic N) is 4. The van der Waals surface area contributed by atoms with E-state index in [2.05, 4.69) is 47.6 Å². The first-order valence-electron chi connectivity index (χ1n) is 12.2. The summed E-state index contributed by atoms with van der Waals surface area (Å²) in [6, 6.07) is 14.6. The van der Waals surface area contributed by atoms with Crippen molar-refractivity contribution in [2.45, 2.75) is 58.9 Å². The maximum Gasteiger partial charge on any atom is 0.349 e. The molecule has 33 heavy (non-hydrogen) atoms. The fourth-order valence-electron chi connectivity index (χ4n) is 5.07. The quantitative estimate of drug-likeness (QED) is 0.671. The van der Waals surface area contributed by atoms with Crippen molar-refractivity contribution in [3.8, 4) is 0 Å². The number of hydrazone groups is 1. The Kier molecular flexibility index (Phi) is 5.92. The average Bonchev–Trinajstić information content (AvgIpc) is 3.49. The van der Waals surface area contributed by atoms with Gasteiger partial charge in [-0.05, 0) is 62.9 Å². The molecule has 6 heteroatoms. The molecule has 172 valence electrons. The van der Waals surface area contributed by atoms with Crippen molar-refractivity contribution >= 4 is 29.0 Å². The third-order valence-electron chi connectivity index (χ3n) is 6.81. The summed E-state index contributed by atoms with van der Waals surface area (Å²) in [7, 11) is 0. The molecule has 6 nitrogen and oxygen atoms in total. The van der Waals surface area contributed by atoms with Gasteiger partial charge in [-0.1, -0.05) is 37.1 Å². The average molecular weight is 444 g/mol. The van der Waals surface area contributed by atoms with Gasteiger partial charge in [-0.15, -0.1) is 0 Å². The van der Waals surface area contributed by atoms with Gasteiger partial charge in [-0.3, -0.25) is 9.89 Å². The summed E-state index contributed by atoms with van der Waals surface area (Å²) in [6.07, 6.45) is 5.52. The highest BCUT2D eigenvalue weighted by Crippen LogP contribution is 2.38. The number of carbonyl (C=O) groups is 1. The van der Waals surface area contributed by atoms with Crippen LogP contribution in [0.1, 0.15) is 56.2 Å². The van der Waals surface area contributed by atoms with E-state index in [0.717, 1.165) is 66.4 Å². The number of urea groups is 1.